The molecule has 1 aromatic carbocycles. The van der Waals surface area contributed by atoms with Gasteiger partial charge in [0.25, 0.3) is 0 Å². The Hall–Kier alpha value is -1.35. The Morgan fingerprint density at radius 3 is 2.47 bits per heavy atom. The maximum Gasteiger partial charge on any atom is 0.162 e. The summed E-state index contributed by atoms with van der Waals surface area (Å²) in [5.41, 5.74) is 2.00. The molecule has 1 aliphatic rings. The third-order valence-electron chi connectivity index (χ3n) is 4.33. The first-order chi connectivity index (χ1) is 8.98. The first kappa shape index (κ1) is 14.1. The second-order valence-corrected chi connectivity index (χ2v) is 5.83. The molecule has 0 radical (unpaired) electrons. The zero-order valence-electron chi connectivity index (χ0n) is 12.2. The molecule has 0 spiro atoms. The second kappa shape index (κ2) is 5.33. The Morgan fingerprint density at radius 1 is 1.37 bits per heavy atom. The number of ketones is 1. The van der Waals surface area contributed by atoms with Gasteiger partial charge in [0.05, 0.1) is 6.10 Å². The SMILES string of the molecule is CCC(=O)c1ccc(NC2CC(OC)C2(C)C)cc1. The van der Waals surface area contributed by atoms with Crippen LogP contribution >= 0.6 is 0 Å². The summed E-state index contributed by atoms with van der Waals surface area (Å²) >= 11 is 0. The summed E-state index contributed by atoms with van der Waals surface area (Å²) in [6.45, 7) is 6.32. The molecule has 3 heteroatoms. The normalized spacial score (nSPS) is 24.6. The molecule has 0 saturated heterocycles. The fourth-order valence-electron chi connectivity index (χ4n) is 2.69. The van der Waals surface area contributed by atoms with Gasteiger partial charge in [-0.15, -0.1) is 0 Å². The molecular weight excluding hydrogens is 238 g/mol. The minimum Gasteiger partial charge on any atom is -0.382 e. The lowest BCUT2D eigenvalue weighted by molar-refractivity contribution is -0.0794. The highest BCUT2D eigenvalue weighted by Crippen LogP contribution is 2.43. The van der Waals surface area contributed by atoms with Crippen LogP contribution in [0.25, 0.3) is 0 Å². The first-order valence-electron chi connectivity index (χ1n) is 6.91. The number of methoxy groups -OCH3 is 1. The summed E-state index contributed by atoms with van der Waals surface area (Å²) in [4.78, 5) is 11.6. The minimum absolute atomic E-state index is 0.145. The van der Waals surface area contributed by atoms with E-state index >= 15 is 0 Å². The predicted octanol–water partition coefficient (Wildman–Crippen LogP) is 3.50. The highest BCUT2D eigenvalue weighted by atomic mass is 16.5. The molecule has 3 nitrogen and oxygen atoms in total. The third kappa shape index (κ3) is 2.66. The van der Waals surface area contributed by atoms with Crippen LogP contribution in [0.1, 0.15) is 44.0 Å². The number of ether oxygens (including phenoxy) is 1. The summed E-state index contributed by atoms with van der Waals surface area (Å²) in [5, 5.41) is 3.53. The maximum absolute atomic E-state index is 11.6. The number of anilines is 1. The molecule has 2 atom stereocenters. The number of hydrogen-bond acceptors (Lipinski definition) is 3. The number of carbonyl (C=O) groups is 1. The average Bonchev–Trinajstić information content (AvgIpc) is 2.42. The molecule has 1 aliphatic carbocycles. The molecule has 2 unspecified atom stereocenters. The van der Waals surface area contributed by atoms with Crippen molar-refractivity contribution < 1.29 is 9.53 Å². The molecule has 1 aromatic rings. The van der Waals surface area contributed by atoms with E-state index in [-0.39, 0.29) is 11.2 Å². The van der Waals surface area contributed by atoms with E-state index in [1.165, 1.54) is 0 Å². The van der Waals surface area contributed by atoms with E-state index in [1.807, 2.05) is 31.2 Å². The summed E-state index contributed by atoms with van der Waals surface area (Å²) in [6.07, 6.45) is 1.91. The van der Waals surface area contributed by atoms with Gasteiger partial charge in [-0.1, -0.05) is 20.8 Å². The molecule has 2 rings (SSSR count). The van der Waals surface area contributed by atoms with E-state index in [0.717, 1.165) is 17.7 Å². The average molecular weight is 261 g/mol. The van der Waals surface area contributed by atoms with E-state index in [1.54, 1.807) is 7.11 Å². The largest absolute Gasteiger partial charge is 0.382 e. The summed E-state index contributed by atoms with van der Waals surface area (Å²) in [7, 11) is 1.77. The van der Waals surface area contributed by atoms with Gasteiger partial charge in [0.15, 0.2) is 5.78 Å². The van der Waals surface area contributed by atoms with Gasteiger partial charge in [-0.3, -0.25) is 4.79 Å². The molecular formula is C16H23NO2. The molecule has 19 heavy (non-hydrogen) atoms. The lowest BCUT2D eigenvalue weighted by atomic mass is 9.64. The standard InChI is InChI=1S/C16H23NO2/c1-5-13(18)11-6-8-12(9-7-11)17-14-10-15(19-4)16(14,2)3/h6-9,14-15,17H,5,10H2,1-4H3. The number of nitrogens with one attached hydrogen (secondary N) is 1. The van der Waals surface area contributed by atoms with Crippen LogP contribution in [0.3, 0.4) is 0 Å². The Bertz CT molecular complexity index is 450. The molecule has 1 fully saturated rings. The minimum atomic E-state index is 0.145. The third-order valence-corrected chi connectivity index (χ3v) is 4.33. The Morgan fingerprint density at radius 2 is 2.00 bits per heavy atom. The Kier molecular flexibility index (Phi) is 3.95. The number of benzene rings is 1. The van der Waals surface area contributed by atoms with Crippen LogP contribution in [0.15, 0.2) is 24.3 Å². The Labute approximate surface area is 115 Å². The molecule has 0 amide bonds. The maximum atomic E-state index is 11.6. The van der Waals surface area contributed by atoms with Crippen molar-refractivity contribution in [3.63, 3.8) is 0 Å². The number of carbonyl (C=O) groups excluding carboxylic acids is 1. The number of Topliss-reactive ketones (excluding diaryl/α,β-unsaturated/α-hetero) is 1. The second-order valence-electron chi connectivity index (χ2n) is 5.83. The van der Waals surface area contributed by atoms with Gasteiger partial charge < -0.3 is 10.1 Å². The van der Waals surface area contributed by atoms with Gasteiger partial charge in [-0.25, -0.2) is 0 Å². The fraction of sp³-hybridized carbons (Fsp3) is 0.562. The lowest BCUT2D eigenvalue weighted by Gasteiger charge is -2.51. The van der Waals surface area contributed by atoms with Crippen LogP contribution in [-0.2, 0) is 4.74 Å². The van der Waals surface area contributed by atoms with Gasteiger partial charge in [-0.2, -0.15) is 0 Å². The van der Waals surface area contributed by atoms with Crippen LogP contribution in [0.4, 0.5) is 5.69 Å². The highest BCUT2D eigenvalue weighted by Gasteiger charge is 2.48. The van der Waals surface area contributed by atoms with Crippen LogP contribution in [-0.4, -0.2) is 25.0 Å². The van der Waals surface area contributed by atoms with Gasteiger partial charge in [0.1, 0.15) is 0 Å². The van der Waals surface area contributed by atoms with Gasteiger partial charge in [-0.05, 0) is 30.7 Å². The monoisotopic (exact) mass is 261 g/mol. The van der Waals surface area contributed by atoms with Crippen LogP contribution < -0.4 is 5.32 Å². The van der Waals surface area contributed by atoms with Gasteiger partial charge in [0.2, 0.25) is 0 Å². The Balaban J connectivity index is 2.00. The zero-order chi connectivity index (χ0) is 14.0. The first-order valence-corrected chi connectivity index (χ1v) is 6.91. The predicted molar refractivity (Wildman–Crippen MR) is 77.7 cm³/mol. The van der Waals surface area contributed by atoms with Crippen molar-refractivity contribution in [2.24, 2.45) is 5.41 Å². The van der Waals surface area contributed by atoms with Crippen molar-refractivity contribution in [2.45, 2.75) is 45.8 Å². The van der Waals surface area contributed by atoms with E-state index in [4.69, 9.17) is 4.74 Å². The molecule has 0 bridgehead atoms. The molecule has 1 saturated carbocycles. The van der Waals surface area contributed by atoms with E-state index < -0.39 is 0 Å². The number of hydrogen-bond donors (Lipinski definition) is 1. The smallest absolute Gasteiger partial charge is 0.162 e. The fourth-order valence-corrected chi connectivity index (χ4v) is 2.69. The van der Waals surface area contributed by atoms with E-state index in [0.29, 0.717) is 18.6 Å². The summed E-state index contributed by atoms with van der Waals surface area (Å²) < 4.78 is 5.45. The topological polar surface area (TPSA) is 38.3 Å². The molecule has 1 N–H and O–H groups in total. The highest BCUT2D eigenvalue weighted by molar-refractivity contribution is 5.96. The van der Waals surface area contributed by atoms with Crippen molar-refractivity contribution in [3.8, 4) is 0 Å². The molecule has 104 valence electrons. The van der Waals surface area contributed by atoms with Crippen LogP contribution in [0.5, 0.6) is 0 Å². The molecule has 0 aliphatic heterocycles. The summed E-state index contributed by atoms with van der Waals surface area (Å²) in [6, 6.07) is 8.18. The lowest BCUT2D eigenvalue weighted by Crippen LogP contribution is -2.57. The van der Waals surface area contributed by atoms with Crippen molar-refractivity contribution in [1.29, 1.82) is 0 Å². The van der Waals surface area contributed by atoms with Crippen molar-refractivity contribution in [1.82, 2.24) is 0 Å². The molecule has 0 aromatic heterocycles. The van der Waals surface area contributed by atoms with Gasteiger partial charge in [0, 0.05) is 36.2 Å². The quantitative estimate of drug-likeness (QED) is 0.824. The van der Waals surface area contributed by atoms with Crippen molar-refractivity contribution >= 4 is 11.5 Å². The zero-order valence-corrected chi connectivity index (χ0v) is 12.2. The van der Waals surface area contributed by atoms with Crippen molar-refractivity contribution in [3.05, 3.63) is 29.8 Å². The number of rotatable bonds is 5. The van der Waals surface area contributed by atoms with Crippen LogP contribution in [0, 0.1) is 5.41 Å². The van der Waals surface area contributed by atoms with Gasteiger partial charge >= 0.3 is 0 Å². The van der Waals surface area contributed by atoms with Crippen LogP contribution in [0.2, 0.25) is 0 Å². The van der Waals surface area contributed by atoms with E-state index in [2.05, 4.69) is 19.2 Å². The van der Waals surface area contributed by atoms with E-state index in [9.17, 15) is 4.79 Å². The van der Waals surface area contributed by atoms with Crippen molar-refractivity contribution in [2.75, 3.05) is 12.4 Å². The summed E-state index contributed by atoms with van der Waals surface area (Å²) in [5.74, 6) is 0.190. The molecule has 0 heterocycles.